The van der Waals surface area contributed by atoms with Gasteiger partial charge in [0, 0.05) is 9.69 Å². The highest BCUT2D eigenvalue weighted by Crippen LogP contribution is 2.36. The summed E-state index contributed by atoms with van der Waals surface area (Å²) in [6.45, 7) is 4.00. The zero-order valence-corrected chi connectivity index (χ0v) is 17.8. The van der Waals surface area contributed by atoms with Gasteiger partial charge in [0.25, 0.3) is 5.91 Å². The molecule has 2 aromatic rings. The maximum Gasteiger partial charge on any atom is 0.326 e. The van der Waals surface area contributed by atoms with Crippen LogP contribution in [0, 0.1) is 9.87 Å². The molecule has 0 radical (unpaired) electrons. The van der Waals surface area contributed by atoms with Gasteiger partial charge >= 0.3 is 5.97 Å². The topological polar surface area (TPSA) is 91.9 Å². The summed E-state index contributed by atoms with van der Waals surface area (Å²) in [6.07, 6.45) is 1.00. The third kappa shape index (κ3) is 3.76. The van der Waals surface area contributed by atoms with Gasteiger partial charge in [-0.25, -0.2) is 9.79 Å². The van der Waals surface area contributed by atoms with E-state index in [1.807, 2.05) is 13.8 Å². The lowest BCUT2D eigenvalue weighted by Gasteiger charge is -2.16. The Hall–Kier alpha value is -1.84. The van der Waals surface area contributed by atoms with Gasteiger partial charge in [0.1, 0.15) is 10.9 Å². The Bertz CT molecular complexity index is 1120. The molecule has 0 saturated carbocycles. The largest absolute Gasteiger partial charge is 0.493 e. The van der Waals surface area contributed by atoms with Gasteiger partial charge in [-0.15, -0.1) is 11.3 Å². The molecule has 1 unspecified atom stereocenters. The molecular weight excluding hydrogens is 452 g/mol. The molecule has 2 heterocycles. The molecule has 0 aliphatic carbocycles. The minimum atomic E-state index is -1.07. The van der Waals surface area contributed by atoms with Gasteiger partial charge in [0.15, 0.2) is 3.95 Å². The number of benzene rings is 1. The molecule has 1 aliphatic heterocycles. The molecule has 9 heteroatoms. The van der Waals surface area contributed by atoms with Crippen molar-refractivity contribution in [1.82, 2.24) is 4.57 Å². The van der Waals surface area contributed by atoms with Crippen LogP contribution < -0.4 is 10.6 Å². The molecule has 1 amide bonds. The third-order valence-corrected chi connectivity index (χ3v) is 6.22. The number of aromatic hydroxyl groups is 1. The van der Waals surface area contributed by atoms with Gasteiger partial charge in [-0.2, -0.15) is 0 Å². The van der Waals surface area contributed by atoms with Crippen LogP contribution in [0.15, 0.2) is 27.7 Å². The molecule has 0 saturated heterocycles. The molecule has 6 nitrogen and oxygen atoms in total. The quantitative estimate of drug-likeness (QED) is 0.635. The molecular formula is C18H17BrN2O4S2. The lowest BCUT2D eigenvalue weighted by molar-refractivity contribution is -0.141. The van der Waals surface area contributed by atoms with E-state index in [0.29, 0.717) is 29.3 Å². The first-order valence-corrected chi connectivity index (χ1v) is 10.3. The van der Waals surface area contributed by atoms with Gasteiger partial charge in [0.2, 0.25) is 5.88 Å². The highest BCUT2D eigenvalue weighted by Gasteiger charge is 2.30. The second kappa shape index (κ2) is 7.65. The highest BCUT2D eigenvalue weighted by molar-refractivity contribution is 9.10. The minimum Gasteiger partial charge on any atom is -0.493 e. The van der Waals surface area contributed by atoms with E-state index in [4.69, 9.17) is 12.2 Å². The molecule has 1 aliphatic rings. The van der Waals surface area contributed by atoms with Crippen molar-refractivity contribution in [3.63, 3.8) is 0 Å². The number of amides is 1. The maximum atomic E-state index is 12.5. The number of hydrogen-bond donors (Lipinski definition) is 2. The fourth-order valence-electron chi connectivity index (χ4n) is 2.98. The number of rotatable bonds is 6. The molecule has 0 fully saturated rings. The number of carbonyl (C=O) groups is 2. The van der Waals surface area contributed by atoms with Crippen LogP contribution in [0.3, 0.4) is 0 Å². The number of hydrogen-bond acceptors (Lipinski definition) is 5. The summed E-state index contributed by atoms with van der Waals surface area (Å²) in [4.78, 5) is 28.5. The molecule has 27 heavy (non-hydrogen) atoms. The Morgan fingerprint density at radius 2 is 2.07 bits per heavy atom. The molecule has 3 rings (SSSR count). The summed E-state index contributed by atoms with van der Waals surface area (Å²) in [5, 5.41) is 21.5. The normalized spacial score (nSPS) is 14.4. The first-order chi connectivity index (χ1) is 12.7. The van der Waals surface area contributed by atoms with Crippen molar-refractivity contribution < 1.29 is 19.8 Å². The van der Waals surface area contributed by atoms with Crippen molar-refractivity contribution in [2.45, 2.75) is 32.7 Å². The summed E-state index contributed by atoms with van der Waals surface area (Å²) >= 11 is 9.72. The van der Waals surface area contributed by atoms with Gasteiger partial charge in [-0.1, -0.05) is 29.8 Å². The number of carboxylic acid groups (broad SMARTS) is 1. The Balaban J connectivity index is 2.19. The summed E-state index contributed by atoms with van der Waals surface area (Å²) in [6, 6.07) is 4.25. The van der Waals surface area contributed by atoms with Gasteiger partial charge in [0.05, 0.1) is 10.9 Å². The van der Waals surface area contributed by atoms with Crippen LogP contribution in [0.4, 0.5) is 0 Å². The van der Waals surface area contributed by atoms with Gasteiger partial charge in [-0.05, 0) is 49.2 Å². The van der Waals surface area contributed by atoms with E-state index >= 15 is 0 Å². The number of nitrogens with zero attached hydrogens (tertiary/aromatic N) is 2. The first-order valence-electron chi connectivity index (χ1n) is 8.31. The van der Waals surface area contributed by atoms with E-state index in [-0.39, 0.29) is 20.3 Å². The second-order valence-electron chi connectivity index (χ2n) is 6.67. The van der Waals surface area contributed by atoms with Crippen LogP contribution in [-0.2, 0) is 9.59 Å². The van der Waals surface area contributed by atoms with Crippen LogP contribution in [0.25, 0.3) is 5.57 Å². The fraction of sp³-hybridized carbons (Fsp3) is 0.333. The molecule has 2 N–H and O–H groups in total. The number of carbonyl (C=O) groups excluding carboxylic acids is 1. The number of fused-ring (bicyclic) bond motifs is 1. The summed E-state index contributed by atoms with van der Waals surface area (Å²) in [7, 11) is 0. The average molecular weight is 469 g/mol. The zero-order chi connectivity index (χ0) is 19.9. The number of aliphatic carboxylic acids is 1. The average Bonchev–Trinajstić information content (AvgIpc) is 3.04. The van der Waals surface area contributed by atoms with E-state index in [1.165, 1.54) is 4.57 Å². The van der Waals surface area contributed by atoms with Crippen LogP contribution in [0.5, 0.6) is 5.88 Å². The predicted molar refractivity (Wildman–Crippen MR) is 108 cm³/mol. The predicted octanol–water partition coefficient (Wildman–Crippen LogP) is 3.17. The summed E-state index contributed by atoms with van der Waals surface area (Å²) in [5.74, 6) is -1.53. The van der Waals surface area contributed by atoms with E-state index in [2.05, 4.69) is 20.9 Å². The van der Waals surface area contributed by atoms with Crippen molar-refractivity contribution in [3.05, 3.63) is 42.1 Å². The van der Waals surface area contributed by atoms with Crippen LogP contribution in [-0.4, -0.2) is 26.7 Å². The summed E-state index contributed by atoms with van der Waals surface area (Å²) in [5.41, 5.74) is 0.242. The number of carboxylic acids is 1. The van der Waals surface area contributed by atoms with Crippen LogP contribution in [0.1, 0.15) is 37.6 Å². The highest BCUT2D eigenvalue weighted by atomic mass is 79.9. The number of aromatic nitrogens is 1. The Morgan fingerprint density at radius 1 is 1.37 bits per heavy atom. The van der Waals surface area contributed by atoms with E-state index in [0.717, 1.165) is 15.8 Å². The first kappa shape index (κ1) is 19.9. The third-order valence-electron chi connectivity index (χ3n) is 4.32. The molecule has 1 aromatic heterocycles. The number of thiazole rings is 1. The van der Waals surface area contributed by atoms with Crippen molar-refractivity contribution in [3.8, 4) is 5.88 Å². The van der Waals surface area contributed by atoms with E-state index in [1.54, 1.807) is 18.2 Å². The fourth-order valence-corrected chi connectivity index (χ4v) is 4.78. The van der Waals surface area contributed by atoms with Crippen LogP contribution >= 0.6 is 39.5 Å². The van der Waals surface area contributed by atoms with Crippen molar-refractivity contribution >= 4 is 56.9 Å². The molecule has 1 aromatic carbocycles. The zero-order valence-electron chi connectivity index (χ0n) is 14.6. The van der Waals surface area contributed by atoms with Gasteiger partial charge < -0.3 is 10.2 Å². The Kier molecular flexibility index (Phi) is 5.64. The lowest BCUT2D eigenvalue weighted by atomic mass is 10.0. The Labute approximate surface area is 172 Å². The van der Waals surface area contributed by atoms with Crippen molar-refractivity contribution in [2.75, 3.05) is 0 Å². The van der Waals surface area contributed by atoms with Crippen LogP contribution in [0.2, 0.25) is 0 Å². The molecule has 0 bridgehead atoms. The second-order valence-corrected chi connectivity index (χ2v) is 9.23. The Morgan fingerprint density at radius 3 is 2.70 bits per heavy atom. The molecule has 142 valence electrons. The van der Waals surface area contributed by atoms with Crippen molar-refractivity contribution in [2.24, 2.45) is 10.9 Å². The smallest absolute Gasteiger partial charge is 0.326 e. The summed E-state index contributed by atoms with van der Waals surface area (Å²) < 4.78 is 2.21. The lowest BCUT2D eigenvalue weighted by Crippen LogP contribution is -2.23. The van der Waals surface area contributed by atoms with E-state index < -0.39 is 17.9 Å². The molecule has 1 atom stereocenters. The standard InChI is InChI=1S/C18H17BrN2O4S2/c1-8(2)3-6-12(17(24)25)21-16(23)14(27-18(21)26)13-10-7-9(19)4-5-11(10)20-15(13)22/h4-5,7-8,12,23H,3,6H2,1-2H3,(H,24,25). The number of halogens is 1. The minimum absolute atomic E-state index is 0.211. The SMILES string of the molecule is CC(C)CCC(C(=O)O)n1c(O)c(C2=c3cc(Br)ccc3=NC2=O)sc1=S. The molecule has 0 spiro atoms. The van der Waals surface area contributed by atoms with Crippen molar-refractivity contribution in [1.29, 1.82) is 0 Å². The maximum absolute atomic E-state index is 12.5. The van der Waals surface area contributed by atoms with Gasteiger partial charge in [-0.3, -0.25) is 9.36 Å². The van der Waals surface area contributed by atoms with E-state index in [9.17, 15) is 19.8 Å². The monoisotopic (exact) mass is 468 g/mol.